The molecule has 0 saturated carbocycles. The molecule has 0 fully saturated rings. The zero-order chi connectivity index (χ0) is 11.7. The van der Waals surface area contributed by atoms with Crippen LogP contribution in [-0.4, -0.2) is 9.97 Å². The fourth-order valence-electron chi connectivity index (χ4n) is 2.18. The zero-order valence-electron chi connectivity index (χ0n) is 9.19. The molecule has 5 heteroatoms. The van der Waals surface area contributed by atoms with Gasteiger partial charge in [0.25, 0.3) is 0 Å². The molecule has 0 radical (unpaired) electrons. The van der Waals surface area contributed by atoms with Crippen molar-refractivity contribution in [2.45, 2.75) is 25.3 Å². The van der Waals surface area contributed by atoms with Gasteiger partial charge in [-0.2, -0.15) is 0 Å². The number of rotatable bonds is 2. The normalized spacial score (nSPS) is 18.8. The predicted molar refractivity (Wildman–Crippen MR) is 73.4 cm³/mol. The molecule has 1 atom stereocenters. The number of nitrogens with zero attached hydrogens (tertiary/aromatic N) is 2. The summed E-state index contributed by atoms with van der Waals surface area (Å²) in [7, 11) is 0. The zero-order valence-corrected chi connectivity index (χ0v) is 11.6. The largest absolute Gasteiger partial charge is 0.347 e. The Hall–Kier alpha value is -0.940. The van der Waals surface area contributed by atoms with Gasteiger partial charge in [-0.05, 0) is 52.2 Å². The maximum atomic E-state index is 4.26. The highest BCUT2D eigenvalue weighted by Gasteiger charge is 2.21. The van der Waals surface area contributed by atoms with Crippen LogP contribution in [0.5, 0.6) is 0 Å². The summed E-state index contributed by atoms with van der Waals surface area (Å²) in [6, 6.07) is 2.58. The van der Waals surface area contributed by atoms with Crippen molar-refractivity contribution in [2.75, 3.05) is 5.32 Å². The van der Waals surface area contributed by atoms with Crippen LogP contribution in [0.1, 0.15) is 29.3 Å². The molecule has 2 aromatic rings. The molecule has 0 amide bonds. The summed E-state index contributed by atoms with van der Waals surface area (Å²) in [5, 5.41) is 5.59. The van der Waals surface area contributed by atoms with Crippen molar-refractivity contribution in [3.05, 3.63) is 38.8 Å². The molecule has 0 aliphatic heterocycles. The van der Waals surface area contributed by atoms with Gasteiger partial charge in [-0.3, -0.25) is 0 Å². The van der Waals surface area contributed by atoms with Gasteiger partial charge in [-0.25, -0.2) is 9.97 Å². The molecule has 0 saturated heterocycles. The van der Waals surface area contributed by atoms with E-state index >= 15 is 0 Å². The van der Waals surface area contributed by atoms with E-state index in [1.54, 1.807) is 12.4 Å². The quantitative estimate of drug-likeness (QED) is 0.917. The predicted octanol–water partition coefficient (Wildman–Crippen LogP) is 3.79. The Kier molecular flexibility index (Phi) is 3.11. The second kappa shape index (κ2) is 4.74. The van der Waals surface area contributed by atoms with Crippen molar-refractivity contribution in [1.29, 1.82) is 0 Å². The Bertz CT molecular complexity index is 509. The molecule has 3 rings (SSSR count). The standard InChI is InChI=1S/C12H12BrN3S/c13-8-6-14-12(15-7-8)16-10-2-1-3-11-9(10)4-5-17-11/h4-7,10H,1-3H2,(H,14,15,16). The van der Waals surface area contributed by atoms with Crippen LogP contribution in [-0.2, 0) is 6.42 Å². The van der Waals surface area contributed by atoms with E-state index in [9.17, 15) is 0 Å². The highest BCUT2D eigenvalue weighted by Crippen LogP contribution is 2.34. The van der Waals surface area contributed by atoms with E-state index in [4.69, 9.17) is 0 Å². The van der Waals surface area contributed by atoms with E-state index in [0.717, 1.165) is 10.9 Å². The Balaban J connectivity index is 1.81. The Morgan fingerprint density at radius 1 is 1.35 bits per heavy atom. The van der Waals surface area contributed by atoms with Gasteiger partial charge in [-0.15, -0.1) is 11.3 Å². The van der Waals surface area contributed by atoms with Crippen molar-refractivity contribution in [2.24, 2.45) is 0 Å². The second-order valence-electron chi connectivity index (χ2n) is 4.11. The minimum Gasteiger partial charge on any atom is -0.347 e. The molecule has 1 unspecified atom stereocenters. The van der Waals surface area contributed by atoms with Crippen molar-refractivity contribution in [3.8, 4) is 0 Å². The topological polar surface area (TPSA) is 37.8 Å². The minimum absolute atomic E-state index is 0.367. The number of hydrogen-bond donors (Lipinski definition) is 1. The van der Waals surface area contributed by atoms with Crippen LogP contribution in [0.25, 0.3) is 0 Å². The Morgan fingerprint density at radius 2 is 2.18 bits per heavy atom. The first-order chi connectivity index (χ1) is 8.33. The van der Waals surface area contributed by atoms with Gasteiger partial charge in [-0.1, -0.05) is 0 Å². The van der Waals surface area contributed by atoms with Crippen LogP contribution in [0.2, 0.25) is 0 Å². The molecule has 1 aliphatic rings. The van der Waals surface area contributed by atoms with Crippen LogP contribution < -0.4 is 5.32 Å². The fourth-order valence-corrected chi connectivity index (χ4v) is 3.37. The van der Waals surface area contributed by atoms with Gasteiger partial charge in [0.05, 0.1) is 10.5 Å². The monoisotopic (exact) mass is 309 g/mol. The highest BCUT2D eigenvalue weighted by atomic mass is 79.9. The van der Waals surface area contributed by atoms with Crippen molar-refractivity contribution in [3.63, 3.8) is 0 Å². The molecule has 3 nitrogen and oxygen atoms in total. The summed E-state index contributed by atoms with van der Waals surface area (Å²) in [4.78, 5) is 10.0. The SMILES string of the molecule is Brc1cnc(NC2CCCc3sccc32)nc1. The molecule has 2 heterocycles. The number of anilines is 1. The van der Waals surface area contributed by atoms with E-state index in [-0.39, 0.29) is 0 Å². The van der Waals surface area contributed by atoms with Gasteiger partial charge in [0.15, 0.2) is 0 Å². The molecular formula is C12H12BrN3S. The summed E-state index contributed by atoms with van der Waals surface area (Å²) in [6.45, 7) is 0. The molecule has 1 N–H and O–H groups in total. The third-order valence-corrected chi connectivity index (χ3v) is 4.38. The van der Waals surface area contributed by atoms with Crippen LogP contribution in [0.4, 0.5) is 5.95 Å². The number of aryl methyl sites for hydroxylation is 1. The number of hydrogen-bond acceptors (Lipinski definition) is 4. The number of thiophene rings is 1. The van der Waals surface area contributed by atoms with Crippen molar-refractivity contribution in [1.82, 2.24) is 9.97 Å². The second-order valence-corrected chi connectivity index (χ2v) is 6.03. The third-order valence-electron chi connectivity index (χ3n) is 2.98. The maximum absolute atomic E-state index is 4.26. The number of aromatic nitrogens is 2. The minimum atomic E-state index is 0.367. The lowest BCUT2D eigenvalue weighted by molar-refractivity contribution is 0.604. The summed E-state index contributed by atoms with van der Waals surface area (Å²) in [6.07, 6.45) is 7.15. The van der Waals surface area contributed by atoms with Crippen LogP contribution in [0, 0.1) is 0 Å². The summed E-state index contributed by atoms with van der Waals surface area (Å²) < 4.78 is 0.905. The van der Waals surface area contributed by atoms with E-state index in [0.29, 0.717) is 12.0 Å². The number of nitrogens with one attached hydrogen (secondary N) is 1. The first kappa shape index (κ1) is 11.2. The van der Waals surface area contributed by atoms with E-state index in [2.05, 4.69) is 42.7 Å². The van der Waals surface area contributed by atoms with Crippen LogP contribution in [0.3, 0.4) is 0 Å². The van der Waals surface area contributed by atoms with Gasteiger partial charge in [0.1, 0.15) is 0 Å². The Morgan fingerprint density at radius 3 is 3.00 bits per heavy atom. The van der Waals surface area contributed by atoms with Crippen molar-refractivity contribution < 1.29 is 0 Å². The lowest BCUT2D eigenvalue weighted by atomic mass is 9.94. The third kappa shape index (κ3) is 2.35. The molecule has 0 aromatic carbocycles. The van der Waals surface area contributed by atoms with E-state index in [1.165, 1.54) is 23.3 Å². The van der Waals surface area contributed by atoms with Gasteiger partial charge >= 0.3 is 0 Å². The van der Waals surface area contributed by atoms with Crippen molar-refractivity contribution >= 4 is 33.2 Å². The molecule has 1 aliphatic carbocycles. The first-order valence-corrected chi connectivity index (χ1v) is 7.30. The summed E-state index contributed by atoms with van der Waals surface area (Å²) in [5.74, 6) is 0.706. The average Bonchev–Trinajstić information content (AvgIpc) is 2.81. The number of fused-ring (bicyclic) bond motifs is 1. The summed E-state index contributed by atoms with van der Waals surface area (Å²) >= 11 is 5.19. The van der Waals surface area contributed by atoms with E-state index in [1.807, 2.05) is 11.3 Å². The average molecular weight is 310 g/mol. The molecule has 17 heavy (non-hydrogen) atoms. The summed E-state index contributed by atoms with van der Waals surface area (Å²) in [5.41, 5.74) is 1.42. The lowest BCUT2D eigenvalue weighted by Crippen LogP contribution is -2.16. The maximum Gasteiger partial charge on any atom is 0.223 e. The van der Waals surface area contributed by atoms with E-state index < -0.39 is 0 Å². The van der Waals surface area contributed by atoms with Crippen LogP contribution in [0.15, 0.2) is 28.3 Å². The molecule has 2 aromatic heterocycles. The number of halogens is 1. The molecule has 0 bridgehead atoms. The molecule has 0 spiro atoms. The Labute approximate surface area is 112 Å². The first-order valence-electron chi connectivity index (χ1n) is 5.63. The smallest absolute Gasteiger partial charge is 0.223 e. The molecular weight excluding hydrogens is 298 g/mol. The highest BCUT2D eigenvalue weighted by molar-refractivity contribution is 9.10. The van der Waals surface area contributed by atoms with Gasteiger partial charge < -0.3 is 5.32 Å². The van der Waals surface area contributed by atoms with Gasteiger partial charge in [0.2, 0.25) is 5.95 Å². The van der Waals surface area contributed by atoms with Gasteiger partial charge in [0, 0.05) is 17.3 Å². The van der Waals surface area contributed by atoms with Crippen LogP contribution >= 0.6 is 27.3 Å². The molecule has 88 valence electrons. The fraction of sp³-hybridized carbons (Fsp3) is 0.333. The lowest BCUT2D eigenvalue weighted by Gasteiger charge is -2.23.